The van der Waals surface area contributed by atoms with Gasteiger partial charge in [-0.1, -0.05) is 34.6 Å². The highest BCUT2D eigenvalue weighted by molar-refractivity contribution is 5.92. The first kappa shape index (κ1) is 18.9. The normalized spacial score (nSPS) is 11.8. The SMILES string of the molecule is CC(C)Cc1cc(C(=O)N(C)Cc2cc(C(C)(C)C)n[nH]2)nc(N)n1. The van der Waals surface area contributed by atoms with E-state index in [2.05, 4.69) is 54.8 Å². The molecule has 0 fully saturated rings. The Morgan fingerprint density at radius 1 is 1.28 bits per heavy atom. The van der Waals surface area contributed by atoms with Crippen LogP contribution in [-0.2, 0) is 18.4 Å². The molecule has 0 saturated carbocycles. The van der Waals surface area contributed by atoms with Crippen molar-refractivity contribution in [3.05, 3.63) is 34.9 Å². The van der Waals surface area contributed by atoms with Gasteiger partial charge >= 0.3 is 0 Å². The third-order valence-corrected chi connectivity index (χ3v) is 3.79. The van der Waals surface area contributed by atoms with Gasteiger partial charge in [-0.05, 0) is 24.5 Å². The molecule has 0 saturated heterocycles. The molecule has 7 heteroatoms. The summed E-state index contributed by atoms with van der Waals surface area (Å²) >= 11 is 0. The van der Waals surface area contributed by atoms with Crippen molar-refractivity contribution in [3.63, 3.8) is 0 Å². The number of aromatic nitrogens is 4. The van der Waals surface area contributed by atoms with E-state index in [1.54, 1.807) is 18.0 Å². The van der Waals surface area contributed by atoms with Gasteiger partial charge in [0.25, 0.3) is 5.91 Å². The molecule has 2 aromatic rings. The van der Waals surface area contributed by atoms with Gasteiger partial charge in [-0.2, -0.15) is 5.10 Å². The van der Waals surface area contributed by atoms with E-state index in [1.165, 1.54) is 0 Å². The van der Waals surface area contributed by atoms with Crippen molar-refractivity contribution in [3.8, 4) is 0 Å². The first-order valence-electron chi connectivity index (χ1n) is 8.50. The van der Waals surface area contributed by atoms with Crippen LogP contribution in [0.15, 0.2) is 12.1 Å². The summed E-state index contributed by atoms with van der Waals surface area (Å²) < 4.78 is 0. The number of carbonyl (C=O) groups is 1. The average molecular weight is 344 g/mol. The van der Waals surface area contributed by atoms with Crippen LogP contribution in [0.1, 0.15) is 62.2 Å². The van der Waals surface area contributed by atoms with Crippen LogP contribution in [0.2, 0.25) is 0 Å². The molecule has 0 radical (unpaired) electrons. The second-order valence-electron chi connectivity index (χ2n) is 7.89. The molecule has 0 unspecified atom stereocenters. The van der Waals surface area contributed by atoms with Crippen LogP contribution in [0.3, 0.4) is 0 Å². The molecule has 136 valence electrons. The number of anilines is 1. The zero-order chi connectivity index (χ0) is 18.8. The Labute approximate surface area is 149 Å². The topological polar surface area (TPSA) is 101 Å². The fraction of sp³-hybridized carbons (Fsp3) is 0.556. The Morgan fingerprint density at radius 3 is 2.52 bits per heavy atom. The van der Waals surface area contributed by atoms with E-state index in [-0.39, 0.29) is 17.3 Å². The smallest absolute Gasteiger partial charge is 0.272 e. The van der Waals surface area contributed by atoms with Crippen molar-refractivity contribution in [1.29, 1.82) is 0 Å². The summed E-state index contributed by atoms with van der Waals surface area (Å²) in [7, 11) is 1.74. The van der Waals surface area contributed by atoms with Crippen LogP contribution in [0.25, 0.3) is 0 Å². The van der Waals surface area contributed by atoms with E-state index in [0.717, 1.165) is 23.5 Å². The largest absolute Gasteiger partial charge is 0.368 e. The van der Waals surface area contributed by atoms with Crippen LogP contribution in [-0.4, -0.2) is 38.0 Å². The van der Waals surface area contributed by atoms with Gasteiger partial charge in [-0.15, -0.1) is 0 Å². The number of nitrogens with zero attached hydrogens (tertiary/aromatic N) is 4. The number of nitrogen functional groups attached to an aromatic ring is 1. The molecule has 0 atom stereocenters. The number of nitrogens with two attached hydrogens (primary N) is 1. The fourth-order valence-corrected chi connectivity index (χ4v) is 2.50. The summed E-state index contributed by atoms with van der Waals surface area (Å²) in [5, 5.41) is 7.32. The maximum Gasteiger partial charge on any atom is 0.272 e. The highest BCUT2D eigenvalue weighted by Gasteiger charge is 2.20. The van der Waals surface area contributed by atoms with Gasteiger partial charge in [-0.3, -0.25) is 9.89 Å². The average Bonchev–Trinajstić information content (AvgIpc) is 2.93. The molecule has 2 aromatic heterocycles. The van der Waals surface area contributed by atoms with E-state index in [4.69, 9.17) is 5.73 Å². The van der Waals surface area contributed by atoms with E-state index in [9.17, 15) is 4.79 Å². The predicted molar refractivity (Wildman–Crippen MR) is 98.1 cm³/mol. The summed E-state index contributed by atoms with van der Waals surface area (Å²) in [5.74, 6) is 0.369. The number of aromatic amines is 1. The molecule has 25 heavy (non-hydrogen) atoms. The molecule has 0 aromatic carbocycles. The molecule has 0 spiro atoms. The molecule has 0 aliphatic carbocycles. The monoisotopic (exact) mass is 344 g/mol. The van der Waals surface area contributed by atoms with Crippen LogP contribution < -0.4 is 5.73 Å². The lowest BCUT2D eigenvalue weighted by atomic mass is 9.92. The molecule has 0 aliphatic rings. The fourth-order valence-electron chi connectivity index (χ4n) is 2.50. The molecule has 2 heterocycles. The van der Waals surface area contributed by atoms with Crippen molar-refractivity contribution in [1.82, 2.24) is 25.1 Å². The Kier molecular flexibility index (Phi) is 5.45. The number of nitrogens with one attached hydrogen (secondary N) is 1. The van der Waals surface area contributed by atoms with Crippen LogP contribution in [0.4, 0.5) is 5.95 Å². The second kappa shape index (κ2) is 7.21. The first-order chi connectivity index (χ1) is 11.6. The summed E-state index contributed by atoms with van der Waals surface area (Å²) in [6.45, 7) is 10.9. The molecule has 2 rings (SSSR count). The summed E-state index contributed by atoms with van der Waals surface area (Å²) in [4.78, 5) is 22.6. The van der Waals surface area contributed by atoms with Gasteiger partial charge in [0.15, 0.2) is 0 Å². The summed E-state index contributed by atoms with van der Waals surface area (Å²) in [5.41, 5.74) is 8.68. The molecule has 7 nitrogen and oxygen atoms in total. The first-order valence-corrected chi connectivity index (χ1v) is 8.50. The number of hydrogen-bond acceptors (Lipinski definition) is 5. The van der Waals surface area contributed by atoms with E-state index in [1.807, 2.05) is 6.07 Å². The molecular formula is C18H28N6O. The molecular weight excluding hydrogens is 316 g/mol. The van der Waals surface area contributed by atoms with E-state index >= 15 is 0 Å². The third kappa shape index (κ3) is 5.01. The van der Waals surface area contributed by atoms with Crippen LogP contribution in [0.5, 0.6) is 0 Å². The standard InChI is InChI=1S/C18H28N6O/c1-11(2)7-12-8-14(21-17(19)20-12)16(25)24(6)10-13-9-15(23-22-13)18(3,4)5/h8-9,11H,7,10H2,1-6H3,(H,22,23)(H2,19,20,21). The Bertz CT molecular complexity index is 744. The number of H-pyrrole nitrogens is 1. The zero-order valence-electron chi connectivity index (χ0n) is 15.9. The van der Waals surface area contributed by atoms with Gasteiger partial charge in [0.05, 0.1) is 17.9 Å². The quantitative estimate of drug-likeness (QED) is 0.868. The zero-order valence-corrected chi connectivity index (χ0v) is 15.9. The minimum atomic E-state index is -0.189. The lowest BCUT2D eigenvalue weighted by Gasteiger charge is -2.17. The number of amides is 1. The number of hydrogen-bond donors (Lipinski definition) is 2. The maximum absolute atomic E-state index is 12.7. The Balaban J connectivity index is 2.14. The highest BCUT2D eigenvalue weighted by Crippen LogP contribution is 2.21. The molecule has 3 N–H and O–H groups in total. The van der Waals surface area contributed by atoms with Gasteiger partial charge in [0.2, 0.25) is 5.95 Å². The van der Waals surface area contributed by atoms with Crippen molar-refractivity contribution in [2.24, 2.45) is 5.92 Å². The van der Waals surface area contributed by atoms with Gasteiger partial charge < -0.3 is 10.6 Å². The van der Waals surface area contributed by atoms with Gasteiger partial charge in [0.1, 0.15) is 5.69 Å². The van der Waals surface area contributed by atoms with Gasteiger partial charge in [0, 0.05) is 18.2 Å². The summed E-state index contributed by atoms with van der Waals surface area (Å²) in [6.07, 6.45) is 0.756. The minimum Gasteiger partial charge on any atom is -0.368 e. The lowest BCUT2D eigenvalue weighted by Crippen LogP contribution is -2.28. The third-order valence-electron chi connectivity index (χ3n) is 3.79. The predicted octanol–water partition coefficient (Wildman–Crippen LogP) is 2.55. The van der Waals surface area contributed by atoms with Crippen molar-refractivity contribution >= 4 is 11.9 Å². The number of carbonyl (C=O) groups excluding carboxylic acids is 1. The lowest BCUT2D eigenvalue weighted by molar-refractivity contribution is 0.0777. The van der Waals surface area contributed by atoms with Crippen molar-refractivity contribution in [2.45, 2.75) is 53.0 Å². The maximum atomic E-state index is 12.7. The minimum absolute atomic E-state index is 0.0375. The highest BCUT2D eigenvalue weighted by atomic mass is 16.2. The van der Waals surface area contributed by atoms with Crippen molar-refractivity contribution < 1.29 is 4.79 Å². The molecule has 1 amide bonds. The van der Waals surface area contributed by atoms with E-state index in [0.29, 0.717) is 18.2 Å². The summed E-state index contributed by atoms with van der Waals surface area (Å²) in [6, 6.07) is 3.71. The Morgan fingerprint density at radius 2 is 1.96 bits per heavy atom. The van der Waals surface area contributed by atoms with Gasteiger partial charge in [-0.25, -0.2) is 9.97 Å². The molecule has 0 bridgehead atoms. The van der Waals surface area contributed by atoms with Crippen LogP contribution in [0, 0.1) is 5.92 Å². The number of rotatable bonds is 5. The second-order valence-corrected chi connectivity index (χ2v) is 7.89. The van der Waals surface area contributed by atoms with E-state index < -0.39 is 0 Å². The van der Waals surface area contributed by atoms with Crippen molar-refractivity contribution in [2.75, 3.05) is 12.8 Å². The van der Waals surface area contributed by atoms with Crippen LogP contribution >= 0.6 is 0 Å². The molecule has 0 aliphatic heterocycles. The Hall–Kier alpha value is -2.44.